The molecule has 150 valence electrons. The van der Waals surface area contributed by atoms with Crippen LogP contribution >= 0.6 is 11.6 Å². The molecule has 0 aliphatic carbocycles. The highest BCUT2D eigenvalue weighted by Crippen LogP contribution is 2.35. The first-order valence-corrected chi connectivity index (χ1v) is 10.9. The standard InChI is InChI=1S/C24H31ClN2O/c25-22-8-6-21(7-9-22)24(12-16-28-17-13-24)19-26-23-10-14-27(15-11-23)18-20-4-2-1-3-5-20/h1-9,23,26H,10-19H2. The van der Waals surface area contributed by atoms with Gasteiger partial charge in [0, 0.05) is 42.8 Å². The van der Waals surface area contributed by atoms with Crippen molar-refractivity contribution in [3.63, 3.8) is 0 Å². The number of nitrogens with zero attached hydrogens (tertiary/aromatic N) is 1. The van der Waals surface area contributed by atoms with Gasteiger partial charge >= 0.3 is 0 Å². The van der Waals surface area contributed by atoms with Crippen LogP contribution < -0.4 is 5.32 Å². The summed E-state index contributed by atoms with van der Waals surface area (Å²) in [6, 6.07) is 19.9. The average Bonchev–Trinajstić information content (AvgIpc) is 2.75. The number of hydrogen-bond donors (Lipinski definition) is 1. The Bertz CT molecular complexity index is 720. The second-order valence-corrected chi connectivity index (χ2v) is 8.75. The normalized spacial score (nSPS) is 20.9. The van der Waals surface area contributed by atoms with Crippen LogP contribution in [0, 0.1) is 0 Å². The summed E-state index contributed by atoms with van der Waals surface area (Å²) in [6.07, 6.45) is 4.60. The lowest BCUT2D eigenvalue weighted by Crippen LogP contribution is -2.49. The van der Waals surface area contributed by atoms with E-state index in [4.69, 9.17) is 16.3 Å². The van der Waals surface area contributed by atoms with E-state index < -0.39 is 0 Å². The van der Waals surface area contributed by atoms with Crippen LogP contribution in [0.4, 0.5) is 0 Å². The molecular weight excluding hydrogens is 368 g/mol. The van der Waals surface area contributed by atoms with Gasteiger partial charge in [-0.2, -0.15) is 0 Å². The van der Waals surface area contributed by atoms with Crippen LogP contribution in [0.5, 0.6) is 0 Å². The number of benzene rings is 2. The Labute approximate surface area is 174 Å². The van der Waals surface area contributed by atoms with E-state index in [0.717, 1.165) is 44.2 Å². The van der Waals surface area contributed by atoms with E-state index in [1.54, 1.807) is 0 Å². The first kappa shape index (κ1) is 19.9. The highest BCUT2D eigenvalue weighted by atomic mass is 35.5. The van der Waals surface area contributed by atoms with E-state index in [9.17, 15) is 0 Å². The molecular formula is C24H31ClN2O. The van der Waals surface area contributed by atoms with Crippen LogP contribution in [0.3, 0.4) is 0 Å². The molecule has 3 nitrogen and oxygen atoms in total. The van der Waals surface area contributed by atoms with Gasteiger partial charge in [0.15, 0.2) is 0 Å². The fourth-order valence-corrected chi connectivity index (χ4v) is 4.74. The minimum absolute atomic E-state index is 0.171. The summed E-state index contributed by atoms with van der Waals surface area (Å²) >= 11 is 6.12. The van der Waals surface area contributed by atoms with Crippen LogP contribution in [0.1, 0.15) is 36.8 Å². The van der Waals surface area contributed by atoms with Gasteiger partial charge in [0.25, 0.3) is 0 Å². The second kappa shape index (κ2) is 9.41. The number of halogens is 1. The van der Waals surface area contributed by atoms with E-state index in [1.165, 1.54) is 37.1 Å². The van der Waals surface area contributed by atoms with Gasteiger partial charge in [0.1, 0.15) is 0 Å². The summed E-state index contributed by atoms with van der Waals surface area (Å²) in [4.78, 5) is 2.58. The lowest BCUT2D eigenvalue weighted by atomic mass is 9.74. The Morgan fingerprint density at radius 3 is 2.32 bits per heavy atom. The van der Waals surface area contributed by atoms with Crippen molar-refractivity contribution in [1.82, 2.24) is 10.2 Å². The first-order chi connectivity index (χ1) is 13.7. The van der Waals surface area contributed by atoms with Crippen molar-refractivity contribution >= 4 is 11.6 Å². The Hall–Kier alpha value is -1.39. The minimum Gasteiger partial charge on any atom is -0.381 e. The van der Waals surface area contributed by atoms with Crippen molar-refractivity contribution in [3.05, 3.63) is 70.7 Å². The highest BCUT2D eigenvalue weighted by Gasteiger charge is 2.35. The molecule has 0 bridgehead atoms. The van der Waals surface area contributed by atoms with Gasteiger partial charge in [-0.1, -0.05) is 54.1 Å². The molecule has 2 aliphatic heterocycles. The van der Waals surface area contributed by atoms with Crippen LogP contribution in [-0.2, 0) is 16.7 Å². The van der Waals surface area contributed by atoms with Crippen molar-refractivity contribution in [2.24, 2.45) is 0 Å². The lowest BCUT2D eigenvalue weighted by molar-refractivity contribution is 0.0476. The quantitative estimate of drug-likeness (QED) is 0.766. The van der Waals surface area contributed by atoms with Crippen molar-refractivity contribution in [2.45, 2.75) is 43.7 Å². The third-order valence-electron chi connectivity index (χ3n) is 6.47. The summed E-state index contributed by atoms with van der Waals surface area (Å²) in [6.45, 7) is 6.13. The monoisotopic (exact) mass is 398 g/mol. The molecule has 0 saturated carbocycles. The lowest BCUT2D eigenvalue weighted by Gasteiger charge is -2.40. The molecule has 4 rings (SSSR count). The molecule has 2 fully saturated rings. The van der Waals surface area contributed by atoms with Gasteiger partial charge in [-0.3, -0.25) is 4.90 Å². The van der Waals surface area contributed by atoms with Crippen LogP contribution in [-0.4, -0.2) is 43.8 Å². The number of ether oxygens (including phenoxy) is 1. The zero-order valence-corrected chi connectivity index (χ0v) is 17.3. The van der Waals surface area contributed by atoms with Gasteiger partial charge in [-0.25, -0.2) is 0 Å². The van der Waals surface area contributed by atoms with Crippen LogP contribution in [0.2, 0.25) is 5.02 Å². The molecule has 28 heavy (non-hydrogen) atoms. The molecule has 2 heterocycles. The molecule has 2 saturated heterocycles. The molecule has 0 radical (unpaired) electrons. The molecule has 0 spiro atoms. The van der Waals surface area contributed by atoms with Crippen molar-refractivity contribution in [2.75, 3.05) is 32.8 Å². The number of nitrogens with one attached hydrogen (secondary N) is 1. The summed E-state index contributed by atoms with van der Waals surface area (Å²) in [5.74, 6) is 0. The molecule has 2 aromatic rings. The second-order valence-electron chi connectivity index (χ2n) is 8.32. The Kier molecular flexibility index (Phi) is 6.69. The fourth-order valence-electron chi connectivity index (χ4n) is 4.61. The van der Waals surface area contributed by atoms with Gasteiger partial charge in [0.2, 0.25) is 0 Å². The van der Waals surface area contributed by atoms with Gasteiger partial charge in [-0.15, -0.1) is 0 Å². The molecule has 0 unspecified atom stereocenters. The maximum Gasteiger partial charge on any atom is 0.0475 e. The molecule has 1 N–H and O–H groups in total. The first-order valence-electron chi connectivity index (χ1n) is 10.6. The number of likely N-dealkylation sites (tertiary alicyclic amines) is 1. The summed E-state index contributed by atoms with van der Waals surface area (Å²) in [7, 11) is 0. The van der Waals surface area contributed by atoms with E-state index in [2.05, 4.69) is 52.7 Å². The number of hydrogen-bond acceptors (Lipinski definition) is 3. The maximum atomic E-state index is 6.12. The van der Waals surface area contributed by atoms with Gasteiger partial charge in [0.05, 0.1) is 0 Å². The minimum atomic E-state index is 0.171. The number of piperidine rings is 1. The van der Waals surface area contributed by atoms with Crippen molar-refractivity contribution in [3.8, 4) is 0 Å². The molecule has 0 amide bonds. The Balaban J connectivity index is 1.32. The fraction of sp³-hybridized carbons (Fsp3) is 0.500. The molecule has 0 atom stereocenters. The predicted octanol–water partition coefficient (Wildman–Crippen LogP) is 4.64. The third kappa shape index (κ3) is 4.96. The molecule has 4 heteroatoms. The molecule has 2 aliphatic rings. The Morgan fingerprint density at radius 2 is 1.64 bits per heavy atom. The third-order valence-corrected chi connectivity index (χ3v) is 6.72. The smallest absolute Gasteiger partial charge is 0.0475 e. The molecule has 0 aromatic heterocycles. The zero-order valence-electron chi connectivity index (χ0n) is 16.6. The highest BCUT2D eigenvalue weighted by molar-refractivity contribution is 6.30. The van der Waals surface area contributed by atoms with E-state index >= 15 is 0 Å². The van der Waals surface area contributed by atoms with Gasteiger partial charge in [-0.05, 0) is 62.0 Å². The van der Waals surface area contributed by atoms with E-state index in [-0.39, 0.29) is 5.41 Å². The largest absolute Gasteiger partial charge is 0.381 e. The van der Waals surface area contributed by atoms with Crippen molar-refractivity contribution in [1.29, 1.82) is 0 Å². The zero-order chi connectivity index (χ0) is 19.2. The van der Waals surface area contributed by atoms with Crippen LogP contribution in [0.15, 0.2) is 54.6 Å². The summed E-state index contributed by atoms with van der Waals surface area (Å²) in [5.41, 5.74) is 2.98. The van der Waals surface area contributed by atoms with E-state index in [1.807, 2.05) is 12.1 Å². The summed E-state index contributed by atoms with van der Waals surface area (Å²) in [5, 5.41) is 4.72. The topological polar surface area (TPSA) is 24.5 Å². The van der Waals surface area contributed by atoms with Crippen molar-refractivity contribution < 1.29 is 4.74 Å². The Morgan fingerprint density at radius 1 is 0.964 bits per heavy atom. The number of rotatable bonds is 6. The van der Waals surface area contributed by atoms with Gasteiger partial charge < -0.3 is 10.1 Å². The van der Waals surface area contributed by atoms with E-state index in [0.29, 0.717) is 6.04 Å². The van der Waals surface area contributed by atoms with Crippen LogP contribution in [0.25, 0.3) is 0 Å². The average molecular weight is 399 g/mol. The maximum absolute atomic E-state index is 6.12. The summed E-state index contributed by atoms with van der Waals surface area (Å²) < 4.78 is 5.67. The molecule has 2 aromatic carbocycles. The predicted molar refractivity (Wildman–Crippen MR) is 116 cm³/mol. The SMILES string of the molecule is Clc1ccc(C2(CNC3CCN(Cc4ccccc4)CC3)CCOCC2)cc1.